The molecule has 3 rings (SSSR count). The van der Waals surface area contributed by atoms with Crippen molar-refractivity contribution in [2.24, 2.45) is 0 Å². The van der Waals surface area contributed by atoms with Crippen molar-refractivity contribution < 1.29 is 18.3 Å². The van der Waals surface area contributed by atoms with E-state index in [-0.39, 0.29) is 16.6 Å². The van der Waals surface area contributed by atoms with Gasteiger partial charge >= 0.3 is 0 Å². The SMILES string of the molecule is COc1ccc(CC(c2cc(C(C)(C)C)c(O)c(C(C)(C)C)c2)S(=O)(=O)c2ccc(C)cc2)cc1. The second-order valence-corrected chi connectivity index (χ2v) is 13.5. The lowest BCUT2D eigenvalue weighted by molar-refractivity contribution is 0.414. The van der Waals surface area contributed by atoms with Gasteiger partial charge in [-0.1, -0.05) is 83.5 Å². The average Bonchev–Trinajstić information content (AvgIpc) is 2.77. The Hall–Kier alpha value is -2.79. The predicted molar refractivity (Wildman–Crippen MR) is 143 cm³/mol. The van der Waals surface area contributed by atoms with Gasteiger partial charge < -0.3 is 9.84 Å². The second-order valence-electron chi connectivity index (χ2n) is 11.4. The highest BCUT2D eigenvalue weighted by atomic mass is 32.2. The van der Waals surface area contributed by atoms with Crippen LogP contribution in [0.2, 0.25) is 0 Å². The van der Waals surface area contributed by atoms with Crippen LogP contribution in [0.25, 0.3) is 0 Å². The van der Waals surface area contributed by atoms with Crippen molar-refractivity contribution in [3.63, 3.8) is 0 Å². The molecule has 0 saturated heterocycles. The third-order valence-electron chi connectivity index (χ3n) is 6.42. The lowest BCUT2D eigenvalue weighted by Crippen LogP contribution is -2.21. The molecule has 0 bridgehead atoms. The van der Waals surface area contributed by atoms with Crippen molar-refractivity contribution in [2.75, 3.05) is 7.11 Å². The third-order valence-corrected chi connectivity index (χ3v) is 8.54. The Balaban J connectivity index is 2.27. The van der Waals surface area contributed by atoms with Gasteiger partial charge in [-0.15, -0.1) is 0 Å². The molecule has 5 heteroatoms. The highest BCUT2D eigenvalue weighted by Gasteiger charge is 2.34. The van der Waals surface area contributed by atoms with Gasteiger partial charge in [0.25, 0.3) is 0 Å². The first-order valence-electron chi connectivity index (χ1n) is 12.0. The first kappa shape index (κ1) is 26.8. The molecule has 0 radical (unpaired) electrons. The normalized spacial score (nSPS) is 13.5. The van der Waals surface area contributed by atoms with Gasteiger partial charge in [-0.25, -0.2) is 8.42 Å². The van der Waals surface area contributed by atoms with Crippen molar-refractivity contribution in [3.05, 3.63) is 88.5 Å². The molecular weight excluding hydrogens is 456 g/mol. The van der Waals surface area contributed by atoms with Crippen LogP contribution in [0.4, 0.5) is 0 Å². The fourth-order valence-electron chi connectivity index (χ4n) is 4.26. The highest BCUT2D eigenvalue weighted by Crippen LogP contribution is 2.43. The minimum absolute atomic E-state index is 0.240. The Kier molecular flexibility index (Phi) is 7.42. The van der Waals surface area contributed by atoms with E-state index in [1.807, 2.05) is 97.0 Å². The van der Waals surface area contributed by atoms with Crippen LogP contribution in [0.3, 0.4) is 0 Å². The summed E-state index contributed by atoms with van der Waals surface area (Å²) in [4.78, 5) is 0.296. The van der Waals surface area contributed by atoms with Crippen LogP contribution in [0.5, 0.6) is 11.5 Å². The lowest BCUT2D eigenvalue weighted by Gasteiger charge is -2.30. The zero-order valence-corrected chi connectivity index (χ0v) is 23.0. The molecule has 1 N–H and O–H groups in total. The van der Waals surface area contributed by atoms with Crippen LogP contribution >= 0.6 is 0 Å². The smallest absolute Gasteiger partial charge is 0.185 e. The van der Waals surface area contributed by atoms with E-state index in [4.69, 9.17) is 4.74 Å². The standard InChI is InChI=1S/C30H38O4S/c1-20-9-15-24(16-10-20)35(32,33)27(17-21-11-13-23(34-8)14-12-21)22-18-25(29(2,3)4)28(31)26(19-22)30(5,6)7/h9-16,18-19,27,31H,17H2,1-8H3. The quantitative estimate of drug-likeness (QED) is 0.398. The van der Waals surface area contributed by atoms with Gasteiger partial charge in [-0.05, 0) is 70.7 Å². The summed E-state index contributed by atoms with van der Waals surface area (Å²) in [7, 11) is -2.13. The topological polar surface area (TPSA) is 63.6 Å². The minimum atomic E-state index is -3.73. The minimum Gasteiger partial charge on any atom is -0.507 e. The summed E-state index contributed by atoms with van der Waals surface area (Å²) in [5.41, 5.74) is 3.36. The lowest BCUT2D eigenvalue weighted by atomic mass is 9.78. The van der Waals surface area contributed by atoms with E-state index < -0.39 is 15.1 Å². The Bertz CT molecular complexity index is 1240. The number of benzene rings is 3. The van der Waals surface area contributed by atoms with Crippen LogP contribution in [0.1, 0.15) is 74.6 Å². The van der Waals surface area contributed by atoms with Crippen molar-refractivity contribution in [1.82, 2.24) is 0 Å². The number of rotatable bonds is 6. The second kappa shape index (κ2) is 9.69. The first-order valence-corrected chi connectivity index (χ1v) is 13.5. The van der Waals surface area contributed by atoms with E-state index in [0.717, 1.165) is 28.0 Å². The summed E-state index contributed by atoms with van der Waals surface area (Å²) < 4.78 is 33.5. The number of phenols is 1. The zero-order chi connectivity index (χ0) is 26.2. The summed E-state index contributed by atoms with van der Waals surface area (Å²) in [5.74, 6) is 0.964. The number of aromatic hydroxyl groups is 1. The number of hydrogen-bond acceptors (Lipinski definition) is 4. The molecule has 3 aromatic carbocycles. The molecule has 0 aromatic heterocycles. The number of methoxy groups -OCH3 is 1. The molecule has 35 heavy (non-hydrogen) atoms. The van der Waals surface area contributed by atoms with E-state index in [0.29, 0.717) is 16.9 Å². The van der Waals surface area contributed by atoms with Gasteiger partial charge in [0.2, 0.25) is 0 Å². The molecule has 188 valence electrons. The van der Waals surface area contributed by atoms with Gasteiger partial charge in [0.1, 0.15) is 11.5 Å². The van der Waals surface area contributed by atoms with Gasteiger partial charge in [0.05, 0.1) is 17.3 Å². The van der Waals surface area contributed by atoms with Gasteiger partial charge in [-0.3, -0.25) is 0 Å². The summed E-state index contributed by atoms with van der Waals surface area (Å²) in [5, 5.41) is 10.4. The maximum atomic E-state index is 14.1. The van der Waals surface area contributed by atoms with Crippen molar-refractivity contribution in [2.45, 2.75) is 75.9 Å². The first-order chi connectivity index (χ1) is 16.1. The molecule has 0 saturated carbocycles. The van der Waals surface area contributed by atoms with Gasteiger partial charge in [0, 0.05) is 0 Å². The maximum absolute atomic E-state index is 14.1. The largest absolute Gasteiger partial charge is 0.507 e. The molecule has 0 aliphatic rings. The molecule has 1 unspecified atom stereocenters. The van der Waals surface area contributed by atoms with Crippen molar-refractivity contribution in [1.29, 1.82) is 0 Å². The van der Waals surface area contributed by atoms with Crippen LogP contribution in [0.15, 0.2) is 65.6 Å². The fraction of sp³-hybridized carbons (Fsp3) is 0.400. The van der Waals surface area contributed by atoms with E-state index in [1.165, 1.54) is 0 Å². The molecule has 0 amide bonds. The van der Waals surface area contributed by atoms with Crippen molar-refractivity contribution >= 4 is 9.84 Å². The Morgan fingerprint density at radius 1 is 0.829 bits per heavy atom. The van der Waals surface area contributed by atoms with E-state index >= 15 is 0 Å². The predicted octanol–water partition coefficient (Wildman–Crippen LogP) is 7.06. The van der Waals surface area contributed by atoms with Gasteiger partial charge in [-0.2, -0.15) is 0 Å². The maximum Gasteiger partial charge on any atom is 0.185 e. The molecule has 0 fully saturated rings. The number of ether oxygens (including phenoxy) is 1. The summed E-state index contributed by atoms with van der Waals surface area (Å²) >= 11 is 0. The zero-order valence-electron chi connectivity index (χ0n) is 22.1. The third kappa shape index (κ3) is 5.90. The van der Waals surface area contributed by atoms with E-state index in [1.54, 1.807) is 19.2 Å². The Morgan fingerprint density at radius 2 is 1.31 bits per heavy atom. The molecule has 0 aliphatic heterocycles. The molecule has 0 spiro atoms. The number of sulfone groups is 1. The van der Waals surface area contributed by atoms with E-state index in [2.05, 4.69) is 0 Å². The van der Waals surface area contributed by atoms with Crippen LogP contribution in [-0.4, -0.2) is 20.6 Å². The van der Waals surface area contributed by atoms with Crippen LogP contribution < -0.4 is 4.74 Å². The van der Waals surface area contributed by atoms with E-state index in [9.17, 15) is 13.5 Å². The Morgan fingerprint density at radius 3 is 1.74 bits per heavy atom. The Labute approximate surface area is 210 Å². The molecule has 0 aliphatic carbocycles. The summed E-state index contributed by atoms with van der Waals surface area (Å²) in [6.07, 6.45) is 0.304. The van der Waals surface area contributed by atoms with Crippen LogP contribution in [-0.2, 0) is 27.1 Å². The fourth-order valence-corrected chi connectivity index (χ4v) is 6.01. The molecule has 1 atom stereocenters. The van der Waals surface area contributed by atoms with Crippen LogP contribution in [0, 0.1) is 6.92 Å². The number of aryl methyl sites for hydroxylation is 1. The van der Waals surface area contributed by atoms with Gasteiger partial charge in [0.15, 0.2) is 9.84 Å². The summed E-state index contributed by atoms with van der Waals surface area (Å²) in [6, 6.07) is 18.3. The molecular formula is C30H38O4S. The monoisotopic (exact) mass is 494 g/mol. The summed E-state index contributed by atoms with van der Waals surface area (Å²) in [6.45, 7) is 14.1. The molecule has 0 heterocycles. The molecule has 4 nitrogen and oxygen atoms in total. The number of hydrogen-bond donors (Lipinski definition) is 1. The number of phenolic OH excluding ortho intramolecular Hbond substituents is 1. The molecule has 3 aromatic rings. The highest BCUT2D eigenvalue weighted by molar-refractivity contribution is 7.91. The van der Waals surface area contributed by atoms with Crippen molar-refractivity contribution in [3.8, 4) is 11.5 Å². The average molecular weight is 495 g/mol.